The van der Waals surface area contributed by atoms with Gasteiger partial charge in [-0.2, -0.15) is 0 Å². The Balaban J connectivity index is 1.90. The number of hydrogen-bond donors (Lipinski definition) is 1. The average molecular weight is 318 g/mol. The van der Waals surface area contributed by atoms with Crippen molar-refractivity contribution in [3.63, 3.8) is 0 Å². The van der Waals surface area contributed by atoms with Gasteiger partial charge in [-0.05, 0) is 36.4 Å². The molecule has 2 rings (SSSR count). The van der Waals surface area contributed by atoms with Gasteiger partial charge in [0.2, 0.25) is 5.91 Å². The summed E-state index contributed by atoms with van der Waals surface area (Å²) in [4.78, 5) is 23.9. The summed E-state index contributed by atoms with van der Waals surface area (Å²) in [6.07, 6.45) is 0.252. The van der Waals surface area contributed by atoms with Gasteiger partial charge in [0.15, 0.2) is 5.78 Å². The number of anilines is 1. The molecule has 0 atom stereocenters. The summed E-state index contributed by atoms with van der Waals surface area (Å²) in [5.41, 5.74) is 1.14. The second-order valence-corrected chi connectivity index (χ2v) is 5.11. The van der Waals surface area contributed by atoms with Crippen LogP contribution in [0.3, 0.4) is 0 Å². The van der Waals surface area contributed by atoms with Crippen LogP contribution in [0.2, 0.25) is 5.02 Å². The highest BCUT2D eigenvalue weighted by atomic mass is 35.5. The predicted molar refractivity (Wildman–Crippen MR) is 86.6 cm³/mol. The van der Waals surface area contributed by atoms with Gasteiger partial charge in [0, 0.05) is 23.4 Å². The van der Waals surface area contributed by atoms with Crippen molar-refractivity contribution in [3.05, 3.63) is 59.1 Å². The van der Waals surface area contributed by atoms with Crippen LogP contribution in [0.15, 0.2) is 48.5 Å². The molecule has 4 nitrogen and oxygen atoms in total. The Hall–Kier alpha value is -2.33. The molecule has 0 spiro atoms. The van der Waals surface area contributed by atoms with Crippen LogP contribution in [-0.2, 0) is 4.79 Å². The summed E-state index contributed by atoms with van der Waals surface area (Å²) in [5.74, 6) is 0.263. The van der Waals surface area contributed by atoms with Crippen molar-refractivity contribution in [2.45, 2.75) is 12.8 Å². The van der Waals surface area contributed by atoms with Crippen molar-refractivity contribution in [2.75, 3.05) is 12.4 Å². The van der Waals surface area contributed by atoms with Gasteiger partial charge < -0.3 is 10.1 Å². The van der Waals surface area contributed by atoms with Gasteiger partial charge in [-0.25, -0.2) is 0 Å². The minimum absolute atomic E-state index is 0.0909. The molecule has 0 saturated heterocycles. The molecule has 0 aliphatic heterocycles. The van der Waals surface area contributed by atoms with Gasteiger partial charge in [0.25, 0.3) is 0 Å². The molecule has 0 bridgehead atoms. The Kier molecular flexibility index (Phi) is 5.55. The summed E-state index contributed by atoms with van der Waals surface area (Å²) in [6.45, 7) is 0. The third-order valence-electron chi connectivity index (χ3n) is 3.13. The number of hydrogen-bond acceptors (Lipinski definition) is 3. The zero-order valence-electron chi connectivity index (χ0n) is 12.1. The number of ether oxygens (including phenoxy) is 1. The first-order chi connectivity index (χ1) is 10.6. The van der Waals surface area contributed by atoms with Crippen LogP contribution >= 0.6 is 11.6 Å². The van der Waals surface area contributed by atoms with Crippen molar-refractivity contribution < 1.29 is 14.3 Å². The Morgan fingerprint density at radius 1 is 1.05 bits per heavy atom. The topological polar surface area (TPSA) is 55.4 Å². The zero-order valence-corrected chi connectivity index (χ0v) is 12.9. The number of amides is 1. The number of nitrogens with one attached hydrogen (secondary N) is 1. The Labute approximate surface area is 134 Å². The monoisotopic (exact) mass is 317 g/mol. The Bertz CT molecular complexity index is 668. The fourth-order valence-electron chi connectivity index (χ4n) is 1.97. The van der Waals surface area contributed by atoms with Crippen LogP contribution in [0, 0.1) is 0 Å². The number of halogens is 1. The molecule has 114 valence electrons. The number of rotatable bonds is 6. The van der Waals surface area contributed by atoms with E-state index in [0.717, 1.165) is 0 Å². The second kappa shape index (κ2) is 7.61. The highest BCUT2D eigenvalue weighted by Gasteiger charge is 2.11. The highest BCUT2D eigenvalue weighted by Crippen LogP contribution is 2.23. The van der Waals surface area contributed by atoms with E-state index < -0.39 is 0 Å². The molecule has 2 aromatic rings. The lowest BCUT2D eigenvalue weighted by Gasteiger charge is -2.09. The quantitative estimate of drug-likeness (QED) is 0.821. The normalized spacial score (nSPS) is 10.1. The molecule has 1 amide bonds. The maximum atomic E-state index is 12.0. The van der Waals surface area contributed by atoms with Crippen LogP contribution in [0.5, 0.6) is 5.75 Å². The van der Waals surface area contributed by atoms with Gasteiger partial charge in [0.05, 0.1) is 12.8 Å². The van der Waals surface area contributed by atoms with Crippen LogP contribution in [0.4, 0.5) is 5.69 Å². The molecule has 5 heteroatoms. The number of carbonyl (C=O) groups excluding carboxylic acids is 2. The largest absolute Gasteiger partial charge is 0.495 e. The molecule has 0 aliphatic rings. The molecule has 0 heterocycles. The third-order valence-corrected chi connectivity index (χ3v) is 3.38. The summed E-state index contributed by atoms with van der Waals surface area (Å²) >= 11 is 5.78. The van der Waals surface area contributed by atoms with E-state index in [0.29, 0.717) is 22.0 Å². The van der Waals surface area contributed by atoms with E-state index in [-0.39, 0.29) is 24.5 Å². The summed E-state index contributed by atoms with van der Waals surface area (Å²) in [6, 6.07) is 13.8. The van der Waals surface area contributed by atoms with Gasteiger partial charge in [-0.1, -0.05) is 23.7 Å². The molecular formula is C17H16ClNO3. The molecule has 0 aromatic heterocycles. The zero-order chi connectivity index (χ0) is 15.9. The van der Waals surface area contributed by atoms with E-state index in [1.807, 2.05) is 6.07 Å². The molecule has 0 radical (unpaired) electrons. The molecular weight excluding hydrogens is 302 g/mol. The van der Waals surface area contributed by atoms with Crippen molar-refractivity contribution >= 4 is 29.0 Å². The molecule has 1 N–H and O–H groups in total. The lowest BCUT2D eigenvalue weighted by Crippen LogP contribution is -2.14. The second-order valence-electron chi connectivity index (χ2n) is 4.68. The van der Waals surface area contributed by atoms with Crippen LogP contribution < -0.4 is 10.1 Å². The fraction of sp³-hybridized carbons (Fsp3) is 0.176. The van der Waals surface area contributed by atoms with E-state index >= 15 is 0 Å². The molecule has 0 unspecified atom stereocenters. The lowest BCUT2D eigenvalue weighted by molar-refractivity contribution is -0.116. The van der Waals surface area contributed by atoms with Gasteiger partial charge in [-0.15, -0.1) is 0 Å². The van der Waals surface area contributed by atoms with Crippen molar-refractivity contribution in [1.82, 2.24) is 0 Å². The Morgan fingerprint density at radius 3 is 2.41 bits per heavy atom. The number of methoxy groups -OCH3 is 1. The maximum Gasteiger partial charge on any atom is 0.224 e. The van der Waals surface area contributed by atoms with Crippen molar-refractivity contribution in [2.24, 2.45) is 0 Å². The first-order valence-electron chi connectivity index (χ1n) is 6.82. The van der Waals surface area contributed by atoms with Gasteiger partial charge in [0.1, 0.15) is 5.75 Å². The van der Waals surface area contributed by atoms with Crippen LogP contribution in [-0.4, -0.2) is 18.8 Å². The first-order valence-corrected chi connectivity index (χ1v) is 7.19. The standard InChI is InChI=1S/C17H16ClNO3/c1-22-16-5-3-2-4-14(16)19-17(21)11-10-15(20)12-6-8-13(18)9-7-12/h2-9H,10-11H2,1H3,(H,19,21). The molecule has 22 heavy (non-hydrogen) atoms. The number of benzene rings is 2. The van der Waals surface area contributed by atoms with Crippen LogP contribution in [0.1, 0.15) is 23.2 Å². The van der Waals surface area contributed by atoms with Crippen molar-refractivity contribution in [1.29, 1.82) is 0 Å². The smallest absolute Gasteiger partial charge is 0.224 e. The number of Topliss-reactive ketones (excluding diaryl/α,β-unsaturated/α-hetero) is 1. The van der Waals surface area contributed by atoms with E-state index in [1.54, 1.807) is 42.5 Å². The summed E-state index contributed by atoms with van der Waals surface area (Å²) in [5, 5.41) is 3.31. The molecule has 0 fully saturated rings. The fourth-order valence-corrected chi connectivity index (χ4v) is 2.09. The Morgan fingerprint density at radius 2 is 1.73 bits per heavy atom. The lowest BCUT2D eigenvalue weighted by atomic mass is 10.1. The SMILES string of the molecule is COc1ccccc1NC(=O)CCC(=O)c1ccc(Cl)cc1. The van der Waals surface area contributed by atoms with E-state index in [4.69, 9.17) is 16.3 Å². The highest BCUT2D eigenvalue weighted by molar-refractivity contribution is 6.30. The summed E-state index contributed by atoms with van der Waals surface area (Å²) < 4.78 is 5.16. The van der Waals surface area contributed by atoms with Crippen LogP contribution in [0.25, 0.3) is 0 Å². The molecule has 0 saturated carbocycles. The maximum absolute atomic E-state index is 12.0. The average Bonchev–Trinajstić information content (AvgIpc) is 2.54. The van der Waals surface area contributed by atoms with E-state index in [2.05, 4.69) is 5.32 Å². The summed E-state index contributed by atoms with van der Waals surface area (Å²) in [7, 11) is 1.54. The minimum atomic E-state index is -0.230. The van der Waals surface area contributed by atoms with Gasteiger partial charge >= 0.3 is 0 Å². The van der Waals surface area contributed by atoms with E-state index in [1.165, 1.54) is 7.11 Å². The number of carbonyl (C=O) groups is 2. The van der Waals surface area contributed by atoms with E-state index in [9.17, 15) is 9.59 Å². The molecule has 0 aliphatic carbocycles. The minimum Gasteiger partial charge on any atom is -0.495 e. The predicted octanol–water partition coefficient (Wildman–Crippen LogP) is 3.95. The molecule has 2 aromatic carbocycles. The number of ketones is 1. The first kappa shape index (κ1) is 16.0. The third kappa shape index (κ3) is 4.33. The van der Waals surface area contributed by atoms with Crippen molar-refractivity contribution in [3.8, 4) is 5.75 Å². The van der Waals surface area contributed by atoms with Gasteiger partial charge in [-0.3, -0.25) is 9.59 Å². The number of para-hydroxylation sites is 2.